The van der Waals surface area contributed by atoms with Crippen LogP contribution in [-0.2, 0) is 4.74 Å². The van der Waals surface area contributed by atoms with Crippen molar-refractivity contribution < 1.29 is 4.74 Å². The Balaban J connectivity index is 2.17. The van der Waals surface area contributed by atoms with Gasteiger partial charge in [-0.2, -0.15) is 0 Å². The van der Waals surface area contributed by atoms with E-state index < -0.39 is 0 Å². The van der Waals surface area contributed by atoms with Gasteiger partial charge in [-0.15, -0.1) is 0 Å². The average Bonchev–Trinajstić information content (AvgIpc) is 2.05. The van der Waals surface area contributed by atoms with Crippen LogP contribution in [0.3, 0.4) is 0 Å². The number of morpholine rings is 1. The molecule has 0 saturated carbocycles. The van der Waals surface area contributed by atoms with Gasteiger partial charge in [0.25, 0.3) is 0 Å². The fourth-order valence-corrected chi connectivity index (χ4v) is 1.19. The summed E-state index contributed by atoms with van der Waals surface area (Å²) in [6.45, 7) is 6.29. The zero-order valence-corrected chi connectivity index (χ0v) is 6.89. The van der Waals surface area contributed by atoms with Crippen LogP contribution in [0.5, 0.6) is 0 Å². The van der Waals surface area contributed by atoms with Crippen LogP contribution in [-0.4, -0.2) is 25.3 Å². The molecule has 0 aromatic carbocycles. The molecule has 2 heteroatoms. The molecule has 60 valence electrons. The minimum Gasteiger partial charge on any atom is -0.375 e. The third-order valence-electron chi connectivity index (χ3n) is 2.12. The van der Waals surface area contributed by atoms with Crippen molar-refractivity contribution in [2.45, 2.75) is 38.8 Å². The summed E-state index contributed by atoms with van der Waals surface area (Å²) in [7, 11) is 0. The van der Waals surface area contributed by atoms with Crippen LogP contribution in [0, 0.1) is 0 Å². The number of nitrogens with one attached hydrogen (secondary N) is 1. The molecule has 1 aliphatic heterocycles. The van der Waals surface area contributed by atoms with Crippen LogP contribution in [0.1, 0.15) is 26.7 Å². The summed E-state index contributed by atoms with van der Waals surface area (Å²) in [5, 5.41) is 3.44. The first-order chi connectivity index (χ1) is 4.86. The minimum absolute atomic E-state index is 0.461. The molecule has 0 aromatic heterocycles. The van der Waals surface area contributed by atoms with E-state index in [1.807, 2.05) is 0 Å². The Morgan fingerprint density at radius 2 is 2.20 bits per heavy atom. The van der Waals surface area contributed by atoms with E-state index in [0.29, 0.717) is 12.1 Å². The Morgan fingerprint density at radius 3 is 2.60 bits per heavy atom. The zero-order valence-electron chi connectivity index (χ0n) is 6.89. The summed E-state index contributed by atoms with van der Waals surface area (Å²) in [6.07, 6.45) is 2.77. The first-order valence-electron chi connectivity index (χ1n) is 4.21. The molecule has 0 bridgehead atoms. The average molecular weight is 143 g/mol. The van der Waals surface area contributed by atoms with Gasteiger partial charge in [0.15, 0.2) is 0 Å². The van der Waals surface area contributed by atoms with Gasteiger partial charge in [0.05, 0.1) is 12.7 Å². The molecule has 1 heterocycles. The Kier molecular flexibility index (Phi) is 3.16. The highest BCUT2D eigenvalue weighted by Crippen LogP contribution is 2.05. The maximum atomic E-state index is 5.57. The molecule has 2 atom stereocenters. The van der Waals surface area contributed by atoms with Crippen molar-refractivity contribution in [3.63, 3.8) is 0 Å². The predicted octanol–water partition coefficient (Wildman–Crippen LogP) is 1.16. The number of hydrogen-bond donors (Lipinski definition) is 1. The molecular weight excluding hydrogens is 126 g/mol. The van der Waals surface area contributed by atoms with Crippen molar-refractivity contribution in [3.8, 4) is 0 Å². The van der Waals surface area contributed by atoms with Crippen molar-refractivity contribution in [3.05, 3.63) is 0 Å². The first-order valence-corrected chi connectivity index (χ1v) is 4.21. The maximum absolute atomic E-state index is 5.57. The molecule has 1 fully saturated rings. The molecule has 1 N–H and O–H groups in total. The second kappa shape index (κ2) is 3.94. The van der Waals surface area contributed by atoms with E-state index in [-0.39, 0.29) is 0 Å². The van der Waals surface area contributed by atoms with Crippen LogP contribution >= 0.6 is 0 Å². The molecule has 2 nitrogen and oxygen atoms in total. The Morgan fingerprint density at radius 1 is 1.40 bits per heavy atom. The van der Waals surface area contributed by atoms with Gasteiger partial charge in [-0.25, -0.2) is 0 Å². The monoisotopic (exact) mass is 143 g/mol. The molecule has 10 heavy (non-hydrogen) atoms. The second-order valence-corrected chi connectivity index (χ2v) is 2.88. The molecule has 0 radical (unpaired) electrons. The lowest BCUT2D eigenvalue weighted by molar-refractivity contribution is 0.00190. The SMILES string of the molecule is CC[C@H]1CO[C@@H](CC)CN1. The number of hydrogen-bond acceptors (Lipinski definition) is 2. The summed E-state index contributed by atoms with van der Waals surface area (Å²) >= 11 is 0. The third-order valence-corrected chi connectivity index (χ3v) is 2.12. The molecular formula is C8H17NO. The highest BCUT2D eigenvalue weighted by molar-refractivity contribution is 4.73. The van der Waals surface area contributed by atoms with Crippen molar-refractivity contribution in [1.82, 2.24) is 5.32 Å². The predicted molar refractivity (Wildman–Crippen MR) is 42.1 cm³/mol. The molecule has 1 aliphatic rings. The van der Waals surface area contributed by atoms with Gasteiger partial charge in [0, 0.05) is 12.6 Å². The van der Waals surface area contributed by atoms with E-state index in [0.717, 1.165) is 19.6 Å². The van der Waals surface area contributed by atoms with Crippen LogP contribution < -0.4 is 5.32 Å². The summed E-state index contributed by atoms with van der Waals surface area (Å²) in [5.41, 5.74) is 0. The van der Waals surface area contributed by atoms with Crippen LogP contribution in [0.4, 0.5) is 0 Å². The lowest BCUT2D eigenvalue weighted by atomic mass is 10.1. The number of rotatable bonds is 2. The lowest BCUT2D eigenvalue weighted by Crippen LogP contribution is -2.45. The van der Waals surface area contributed by atoms with Crippen molar-refractivity contribution in [2.75, 3.05) is 13.2 Å². The Bertz CT molecular complexity index is 75.3. The zero-order chi connectivity index (χ0) is 7.40. The summed E-state index contributed by atoms with van der Waals surface area (Å²) in [4.78, 5) is 0. The van der Waals surface area contributed by atoms with Gasteiger partial charge in [0.1, 0.15) is 0 Å². The van der Waals surface area contributed by atoms with Crippen molar-refractivity contribution in [2.24, 2.45) is 0 Å². The second-order valence-electron chi connectivity index (χ2n) is 2.88. The van der Waals surface area contributed by atoms with E-state index in [4.69, 9.17) is 4.74 Å². The van der Waals surface area contributed by atoms with Crippen LogP contribution in [0.2, 0.25) is 0 Å². The molecule has 0 aromatic rings. The lowest BCUT2D eigenvalue weighted by Gasteiger charge is -2.28. The Hall–Kier alpha value is -0.0800. The van der Waals surface area contributed by atoms with E-state index >= 15 is 0 Å². The van der Waals surface area contributed by atoms with Gasteiger partial charge in [0.2, 0.25) is 0 Å². The van der Waals surface area contributed by atoms with Gasteiger partial charge in [-0.3, -0.25) is 0 Å². The molecule has 0 spiro atoms. The van der Waals surface area contributed by atoms with Gasteiger partial charge in [-0.05, 0) is 12.8 Å². The van der Waals surface area contributed by atoms with E-state index in [9.17, 15) is 0 Å². The van der Waals surface area contributed by atoms with Gasteiger partial charge < -0.3 is 10.1 Å². The van der Waals surface area contributed by atoms with Crippen LogP contribution in [0.25, 0.3) is 0 Å². The highest BCUT2D eigenvalue weighted by Gasteiger charge is 2.17. The molecule has 1 rings (SSSR count). The Labute approximate surface area is 63.0 Å². The van der Waals surface area contributed by atoms with E-state index in [1.165, 1.54) is 6.42 Å². The van der Waals surface area contributed by atoms with Crippen LogP contribution in [0.15, 0.2) is 0 Å². The van der Waals surface area contributed by atoms with Crippen molar-refractivity contribution in [1.29, 1.82) is 0 Å². The molecule has 0 unspecified atom stereocenters. The highest BCUT2D eigenvalue weighted by atomic mass is 16.5. The minimum atomic E-state index is 0.461. The largest absolute Gasteiger partial charge is 0.375 e. The summed E-state index contributed by atoms with van der Waals surface area (Å²) in [5.74, 6) is 0. The molecule has 0 aliphatic carbocycles. The van der Waals surface area contributed by atoms with Gasteiger partial charge >= 0.3 is 0 Å². The van der Waals surface area contributed by atoms with E-state index in [2.05, 4.69) is 19.2 Å². The van der Waals surface area contributed by atoms with Gasteiger partial charge in [-0.1, -0.05) is 13.8 Å². The fraction of sp³-hybridized carbons (Fsp3) is 1.00. The topological polar surface area (TPSA) is 21.3 Å². The first kappa shape index (κ1) is 8.02. The standard InChI is InChI=1S/C8H17NO/c1-3-7-6-10-8(4-2)5-9-7/h7-9H,3-6H2,1-2H3/t7-,8-/m0/s1. The third kappa shape index (κ3) is 1.96. The molecule has 0 amide bonds. The summed E-state index contributed by atoms with van der Waals surface area (Å²) < 4.78 is 5.57. The van der Waals surface area contributed by atoms with Crippen molar-refractivity contribution >= 4 is 0 Å². The maximum Gasteiger partial charge on any atom is 0.0697 e. The normalized spacial score (nSPS) is 34.2. The quantitative estimate of drug-likeness (QED) is 0.626. The summed E-state index contributed by atoms with van der Waals surface area (Å²) in [6, 6.07) is 0.600. The molecule has 1 saturated heterocycles. The number of ether oxygens (including phenoxy) is 1. The fourth-order valence-electron chi connectivity index (χ4n) is 1.19. The van der Waals surface area contributed by atoms with E-state index in [1.54, 1.807) is 0 Å². The smallest absolute Gasteiger partial charge is 0.0697 e.